The van der Waals surface area contributed by atoms with Crippen LogP contribution in [0.1, 0.15) is 11.1 Å². The number of rotatable bonds is 2. The Morgan fingerprint density at radius 1 is 0.941 bits per heavy atom. The van der Waals surface area contributed by atoms with Gasteiger partial charge in [0.15, 0.2) is 5.84 Å². The van der Waals surface area contributed by atoms with Crippen molar-refractivity contribution in [3.63, 3.8) is 0 Å². The van der Waals surface area contributed by atoms with Gasteiger partial charge in [-0.1, -0.05) is 36.4 Å². The van der Waals surface area contributed by atoms with Crippen molar-refractivity contribution in [3.05, 3.63) is 59.7 Å². The van der Waals surface area contributed by atoms with E-state index in [1.165, 1.54) is 0 Å². The van der Waals surface area contributed by atoms with Gasteiger partial charge in [-0.3, -0.25) is 5.43 Å². The fourth-order valence-electron chi connectivity index (χ4n) is 1.75. The summed E-state index contributed by atoms with van der Waals surface area (Å²) in [4.78, 5) is 0. The molecule has 1 aliphatic rings. The maximum atomic E-state index is 8.86. The van der Waals surface area contributed by atoms with E-state index in [1.807, 2.05) is 42.5 Å². The molecule has 3 heteroatoms. The van der Waals surface area contributed by atoms with Crippen molar-refractivity contribution in [2.24, 2.45) is 5.10 Å². The molecule has 1 aliphatic heterocycles. The SMILES string of the molecule is N#Cc1cccc(-c2ccc(C3=NN3)cc2)c1. The molecule has 0 saturated carbocycles. The molecule has 3 rings (SSSR count). The molecule has 0 aromatic heterocycles. The zero-order valence-corrected chi connectivity index (χ0v) is 9.01. The van der Waals surface area contributed by atoms with Crippen LogP contribution in [0.2, 0.25) is 0 Å². The van der Waals surface area contributed by atoms with E-state index in [2.05, 4.69) is 16.6 Å². The largest absolute Gasteiger partial charge is 0.257 e. The Bertz CT molecular complexity index is 633. The molecule has 3 nitrogen and oxygen atoms in total. The average Bonchev–Trinajstić information content (AvgIpc) is 3.23. The fraction of sp³-hybridized carbons (Fsp3) is 0. The lowest BCUT2D eigenvalue weighted by molar-refractivity contribution is 1.26. The minimum Gasteiger partial charge on any atom is -0.257 e. The number of hydrazone groups is 1. The van der Waals surface area contributed by atoms with Crippen LogP contribution in [0.15, 0.2) is 53.6 Å². The first-order chi connectivity index (χ1) is 8.36. The van der Waals surface area contributed by atoms with Crippen molar-refractivity contribution in [2.45, 2.75) is 0 Å². The Kier molecular flexibility index (Phi) is 2.13. The van der Waals surface area contributed by atoms with Gasteiger partial charge in [-0.2, -0.15) is 10.4 Å². The number of amidine groups is 1. The molecule has 1 N–H and O–H groups in total. The summed E-state index contributed by atoms with van der Waals surface area (Å²) in [7, 11) is 0. The molecule has 0 spiro atoms. The number of nitrogens with one attached hydrogen (secondary N) is 1. The van der Waals surface area contributed by atoms with Crippen LogP contribution < -0.4 is 5.43 Å². The van der Waals surface area contributed by atoms with E-state index in [4.69, 9.17) is 5.26 Å². The molecule has 1 heterocycles. The van der Waals surface area contributed by atoms with E-state index in [0.717, 1.165) is 22.5 Å². The second-order valence-electron chi connectivity index (χ2n) is 3.84. The minimum atomic E-state index is 0.680. The summed E-state index contributed by atoms with van der Waals surface area (Å²) in [6.07, 6.45) is 0. The quantitative estimate of drug-likeness (QED) is 0.843. The molecule has 0 saturated heterocycles. The van der Waals surface area contributed by atoms with Crippen molar-refractivity contribution in [1.82, 2.24) is 5.43 Å². The molecule has 2 aromatic rings. The smallest absolute Gasteiger partial charge is 0.173 e. The lowest BCUT2D eigenvalue weighted by Crippen LogP contribution is -1.94. The molecule has 0 aliphatic carbocycles. The average molecular weight is 219 g/mol. The third-order valence-corrected chi connectivity index (χ3v) is 2.71. The van der Waals surface area contributed by atoms with Crippen LogP contribution in [-0.4, -0.2) is 5.84 Å². The van der Waals surface area contributed by atoms with Crippen molar-refractivity contribution in [2.75, 3.05) is 0 Å². The Labute approximate surface area is 99.0 Å². The second-order valence-corrected chi connectivity index (χ2v) is 3.84. The Balaban J connectivity index is 1.97. The first-order valence-corrected chi connectivity index (χ1v) is 5.31. The molecular formula is C14H9N3. The Hall–Kier alpha value is -2.60. The van der Waals surface area contributed by atoms with Crippen molar-refractivity contribution >= 4 is 5.84 Å². The van der Waals surface area contributed by atoms with Gasteiger partial charge in [-0.05, 0) is 23.3 Å². The summed E-state index contributed by atoms with van der Waals surface area (Å²) in [6, 6.07) is 17.9. The molecule has 0 atom stereocenters. The van der Waals surface area contributed by atoms with Crippen molar-refractivity contribution in [3.8, 4) is 17.2 Å². The fourth-order valence-corrected chi connectivity index (χ4v) is 1.75. The van der Waals surface area contributed by atoms with Gasteiger partial charge < -0.3 is 0 Å². The molecule has 0 unspecified atom stereocenters. The molecule has 2 aromatic carbocycles. The molecule has 0 bridgehead atoms. The van der Waals surface area contributed by atoms with Gasteiger partial charge in [0, 0.05) is 5.56 Å². The van der Waals surface area contributed by atoms with Crippen molar-refractivity contribution in [1.29, 1.82) is 5.26 Å². The first-order valence-electron chi connectivity index (χ1n) is 5.31. The maximum absolute atomic E-state index is 8.86. The molecule has 80 valence electrons. The molecule has 0 fully saturated rings. The van der Waals surface area contributed by atoms with E-state index in [9.17, 15) is 0 Å². The maximum Gasteiger partial charge on any atom is 0.173 e. The highest BCUT2D eigenvalue weighted by molar-refractivity contribution is 6.05. The highest BCUT2D eigenvalue weighted by Gasteiger charge is 2.11. The van der Waals surface area contributed by atoms with Gasteiger partial charge in [0.25, 0.3) is 0 Å². The zero-order chi connectivity index (χ0) is 11.7. The summed E-state index contributed by atoms with van der Waals surface area (Å²) >= 11 is 0. The number of hydrogen-bond donors (Lipinski definition) is 1. The minimum absolute atomic E-state index is 0.680. The molecule has 17 heavy (non-hydrogen) atoms. The van der Waals surface area contributed by atoms with Gasteiger partial charge >= 0.3 is 0 Å². The van der Waals surface area contributed by atoms with E-state index in [1.54, 1.807) is 6.07 Å². The topological polar surface area (TPSA) is 58.1 Å². The Morgan fingerprint density at radius 3 is 2.29 bits per heavy atom. The number of benzene rings is 2. The van der Waals surface area contributed by atoms with E-state index < -0.39 is 0 Å². The highest BCUT2D eigenvalue weighted by Crippen LogP contribution is 2.21. The highest BCUT2D eigenvalue weighted by atomic mass is 15.5. The third kappa shape index (κ3) is 1.88. The standard InChI is InChI=1S/C14H9N3/c15-9-10-2-1-3-13(8-10)11-4-6-12(7-5-11)14-16-17-14/h1-8H,(H,16,17). The van der Waals surface area contributed by atoms with Gasteiger partial charge in [0.2, 0.25) is 0 Å². The number of nitriles is 1. The third-order valence-electron chi connectivity index (χ3n) is 2.71. The normalized spacial score (nSPS) is 12.3. The van der Waals surface area contributed by atoms with Crippen LogP contribution in [0, 0.1) is 11.3 Å². The number of nitrogens with zero attached hydrogens (tertiary/aromatic N) is 2. The van der Waals surface area contributed by atoms with Gasteiger partial charge in [0.1, 0.15) is 0 Å². The predicted octanol–water partition coefficient (Wildman–Crippen LogP) is 2.49. The van der Waals surface area contributed by atoms with Crippen LogP contribution in [0.5, 0.6) is 0 Å². The van der Waals surface area contributed by atoms with Gasteiger partial charge in [0.05, 0.1) is 11.6 Å². The monoisotopic (exact) mass is 219 g/mol. The van der Waals surface area contributed by atoms with Crippen LogP contribution in [0.25, 0.3) is 11.1 Å². The lowest BCUT2D eigenvalue weighted by atomic mass is 10.0. The summed E-state index contributed by atoms with van der Waals surface area (Å²) < 4.78 is 0. The predicted molar refractivity (Wildman–Crippen MR) is 66.3 cm³/mol. The van der Waals surface area contributed by atoms with Crippen molar-refractivity contribution < 1.29 is 0 Å². The van der Waals surface area contributed by atoms with Gasteiger partial charge in [-0.15, -0.1) is 0 Å². The van der Waals surface area contributed by atoms with E-state index in [-0.39, 0.29) is 0 Å². The molecule has 0 radical (unpaired) electrons. The summed E-state index contributed by atoms with van der Waals surface area (Å²) in [5, 5.41) is 12.8. The first kappa shape index (κ1) is 9.61. The van der Waals surface area contributed by atoms with E-state index >= 15 is 0 Å². The van der Waals surface area contributed by atoms with Gasteiger partial charge in [-0.25, -0.2) is 0 Å². The second kappa shape index (κ2) is 3.76. The Morgan fingerprint density at radius 2 is 1.65 bits per heavy atom. The van der Waals surface area contributed by atoms with E-state index in [0.29, 0.717) is 5.56 Å². The zero-order valence-electron chi connectivity index (χ0n) is 9.01. The summed E-state index contributed by atoms with van der Waals surface area (Å²) in [6.45, 7) is 0. The van der Waals surface area contributed by atoms with Crippen LogP contribution in [0.4, 0.5) is 0 Å². The van der Waals surface area contributed by atoms with Crippen LogP contribution in [-0.2, 0) is 0 Å². The van der Waals surface area contributed by atoms with Crippen LogP contribution >= 0.6 is 0 Å². The summed E-state index contributed by atoms with van der Waals surface area (Å²) in [5.41, 5.74) is 6.76. The number of hydrogen-bond acceptors (Lipinski definition) is 3. The summed E-state index contributed by atoms with van der Waals surface area (Å²) in [5.74, 6) is 0.933. The lowest BCUT2D eigenvalue weighted by Gasteiger charge is -2.02. The molecule has 0 amide bonds. The molecular weight excluding hydrogens is 210 g/mol. The van der Waals surface area contributed by atoms with Crippen LogP contribution in [0.3, 0.4) is 0 Å².